The summed E-state index contributed by atoms with van der Waals surface area (Å²) in [4.78, 5) is 19.7. The van der Waals surface area contributed by atoms with Gasteiger partial charge in [0.15, 0.2) is 0 Å². The molecule has 9 heavy (non-hydrogen) atoms. The first kappa shape index (κ1) is 6.07. The highest BCUT2D eigenvalue weighted by Gasteiger charge is 2.38. The predicted molar refractivity (Wildman–Crippen MR) is 21.6 cm³/mol. The zero-order valence-corrected chi connectivity index (χ0v) is 4.49. The minimum absolute atomic E-state index is 0.171. The lowest BCUT2D eigenvalue weighted by molar-refractivity contribution is -0.316. The molecule has 0 unspecified atom stereocenters. The molecule has 0 bridgehead atoms. The molecule has 2 atom stereocenters. The molecule has 0 aliphatic heterocycles. The third-order valence-electron chi connectivity index (χ3n) is 1.40. The van der Waals surface area contributed by atoms with E-state index >= 15 is 0 Å². The zero-order valence-electron chi connectivity index (χ0n) is 4.49. The van der Waals surface area contributed by atoms with Crippen LogP contribution in [-0.2, 0) is 9.59 Å². The highest BCUT2D eigenvalue weighted by atomic mass is 16.4. The zero-order chi connectivity index (χ0) is 7.02. The SMILES string of the molecule is O=C([O-])[C@H]1C[C@@H]1C(=O)[O-]. The molecule has 0 heterocycles. The molecule has 1 fully saturated rings. The highest BCUT2D eigenvalue weighted by Crippen LogP contribution is 2.36. The molecule has 1 saturated carbocycles. The smallest absolute Gasteiger partial charge is 0.0452 e. The molecule has 1 aliphatic carbocycles. The van der Waals surface area contributed by atoms with Crippen LogP contribution in [0.5, 0.6) is 0 Å². The monoisotopic (exact) mass is 128 g/mol. The molecule has 1 rings (SSSR count). The van der Waals surface area contributed by atoms with Crippen molar-refractivity contribution >= 4 is 11.9 Å². The summed E-state index contributed by atoms with van der Waals surface area (Å²) < 4.78 is 0. The number of carbonyl (C=O) groups is 2. The third kappa shape index (κ3) is 1.01. The number of aliphatic carboxylic acids is 2. The van der Waals surface area contributed by atoms with Crippen molar-refractivity contribution in [2.24, 2.45) is 11.8 Å². The Morgan fingerprint density at radius 1 is 1.11 bits per heavy atom. The van der Waals surface area contributed by atoms with Gasteiger partial charge in [0, 0.05) is 23.8 Å². The second kappa shape index (κ2) is 1.72. The van der Waals surface area contributed by atoms with E-state index in [9.17, 15) is 19.8 Å². The molecule has 0 aromatic rings. The number of rotatable bonds is 2. The summed E-state index contributed by atoms with van der Waals surface area (Å²) in [6.07, 6.45) is 0.171. The van der Waals surface area contributed by atoms with Gasteiger partial charge in [0.25, 0.3) is 0 Å². The van der Waals surface area contributed by atoms with Crippen LogP contribution in [-0.4, -0.2) is 11.9 Å². The van der Waals surface area contributed by atoms with Gasteiger partial charge in [-0.2, -0.15) is 0 Å². The Hall–Kier alpha value is -1.06. The van der Waals surface area contributed by atoms with Gasteiger partial charge in [-0.05, 0) is 6.42 Å². The minimum atomic E-state index is -1.29. The molecule has 0 amide bonds. The van der Waals surface area contributed by atoms with Crippen molar-refractivity contribution in [1.29, 1.82) is 0 Å². The Kier molecular flexibility index (Phi) is 1.16. The van der Waals surface area contributed by atoms with Crippen LogP contribution >= 0.6 is 0 Å². The van der Waals surface area contributed by atoms with Crippen molar-refractivity contribution in [3.8, 4) is 0 Å². The lowest BCUT2D eigenvalue weighted by Gasteiger charge is -1.99. The lowest BCUT2D eigenvalue weighted by atomic mass is 10.3. The molecule has 0 saturated heterocycles. The number of hydrogen-bond acceptors (Lipinski definition) is 4. The van der Waals surface area contributed by atoms with Crippen LogP contribution in [0.15, 0.2) is 0 Å². The Labute approximate surface area is 51.1 Å². The van der Waals surface area contributed by atoms with Gasteiger partial charge in [-0.1, -0.05) is 0 Å². The molecule has 50 valence electrons. The Morgan fingerprint density at radius 3 is 1.56 bits per heavy atom. The average molecular weight is 128 g/mol. The van der Waals surface area contributed by atoms with Crippen LogP contribution in [0, 0.1) is 11.8 Å². The summed E-state index contributed by atoms with van der Waals surface area (Å²) in [5.41, 5.74) is 0. The summed E-state index contributed by atoms with van der Waals surface area (Å²) in [5.74, 6) is -4.17. The van der Waals surface area contributed by atoms with Gasteiger partial charge in [-0.25, -0.2) is 0 Å². The summed E-state index contributed by atoms with van der Waals surface area (Å²) in [6, 6.07) is 0. The van der Waals surface area contributed by atoms with Gasteiger partial charge in [0.2, 0.25) is 0 Å². The van der Waals surface area contributed by atoms with Crippen LogP contribution in [0.25, 0.3) is 0 Å². The molecular weight excluding hydrogens is 124 g/mol. The predicted octanol–water partition coefficient (Wildman–Crippen LogP) is -2.88. The fourth-order valence-electron chi connectivity index (χ4n) is 0.716. The van der Waals surface area contributed by atoms with E-state index in [0.29, 0.717) is 0 Å². The molecule has 0 spiro atoms. The number of hydrogen-bond donors (Lipinski definition) is 0. The topological polar surface area (TPSA) is 80.3 Å². The maximum atomic E-state index is 9.87. The van der Waals surface area contributed by atoms with Gasteiger partial charge in [0.05, 0.1) is 0 Å². The Balaban J connectivity index is 2.42. The van der Waals surface area contributed by atoms with E-state index in [4.69, 9.17) is 0 Å². The van der Waals surface area contributed by atoms with E-state index in [2.05, 4.69) is 0 Å². The second-order valence-electron chi connectivity index (χ2n) is 2.09. The molecule has 4 nitrogen and oxygen atoms in total. The molecular formula is C5H4O4-2. The van der Waals surface area contributed by atoms with Crippen molar-refractivity contribution < 1.29 is 19.8 Å². The summed E-state index contributed by atoms with van der Waals surface area (Å²) in [7, 11) is 0. The average Bonchev–Trinajstić information content (AvgIpc) is 2.39. The first-order chi connectivity index (χ1) is 4.13. The largest absolute Gasteiger partial charge is 0.550 e. The van der Waals surface area contributed by atoms with Gasteiger partial charge >= 0.3 is 0 Å². The van der Waals surface area contributed by atoms with Crippen molar-refractivity contribution in [2.45, 2.75) is 6.42 Å². The highest BCUT2D eigenvalue weighted by molar-refractivity contribution is 5.83. The van der Waals surface area contributed by atoms with Crippen LogP contribution in [0.1, 0.15) is 6.42 Å². The van der Waals surface area contributed by atoms with Crippen LogP contribution in [0.3, 0.4) is 0 Å². The van der Waals surface area contributed by atoms with Gasteiger partial charge in [-0.15, -0.1) is 0 Å². The summed E-state index contributed by atoms with van der Waals surface area (Å²) in [6.45, 7) is 0. The van der Waals surface area contributed by atoms with E-state index in [1.807, 2.05) is 0 Å². The van der Waals surface area contributed by atoms with E-state index in [-0.39, 0.29) is 6.42 Å². The van der Waals surface area contributed by atoms with E-state index < -0.39 is 23.8 Å². The fourth-order valence-corrected chi connectivity index (χ4v) is 0.716. The van der Waals surface area contributed by atoms with Crippen molar-refractivity contribution in [3.63, 3.8) is 0 Å². The molecule has 0 N–H and O–H groups in total. The molecule has 1 aliphatic rings. The maximum absolute atomic E-state index is 9.87. The molecule has 0 radical (unpaired) electrons. The van der Waals surface area contributed by atoms with Crippen LogP contribution in [0.2, 0.25) is 0 Å². The fraction of sp³-hybridized carbons (Fsp3) is 0.600. The summed E-state index contributed by atoms with van der Waals surface area (Å²) in [5, 5.41) is 19.7. The van der Waals surface area contributed by atoms with Gasteiger partial charge < -0.3 is 19.8 Å². The van der Waals surface area contributed by atoms with Gasteiger partial charge in [-0.3, -0.25) is 0 Å². The Bertz CT molecular complexity index is 144. The number of carboxylic acid groups (broad SMARTS) is 2. The van der Waals surface area contributed by atoms with Crippen LogP contribution in [0.4, 0.5) is 0 Å². The van der Waals surface area contributed by atoms with E-state index in [0.717, 1.165) is 0 Å². The summed E-state index contributed by atoms with van der Waals surface area (Å²) >= 11 is 0. The standard InChI is InChI=1S/C5H6O4/c6-4(7)2-1-3(2)5(8)9/h2-3H,1H2,(H,6,7)(H,8,9)/p-2/t2-,3-/m0/s1. The normalized spacial score (nSPS) is 31.6. The van der Waals surface area contributed by atoms with Crippen LogP contribution < -0.4 is 10.2 Å². The minimum Gasteiger partial charge on any atom is -0.550 e. The quantitative estimate of drug-likeness (QED) is 0.400. The number of carboxylic acids is 2. The van der Waals surface area contributed by atoms with Crippen molar-refractivity contribution in [2.75, 3.05) is 0 Å². The second-order valence-corrected chi connectivity index (χ2v) is 2.09. The third-order valence-corrected chi connectivity index (χ3v) is 1.40. The van der Waals surface area contributed by atoms with Crippen molar-refractivity contribution in [3.05, 3.63) is 0 Å². The lowest BCUT2D eigenvalue weighted by Crippen LogP contribution is -2.30. The van der Waals surface area contributed by atoms with E-state index in [1.165, 1.54) is 0 Å². The van der Waals surface area contributed by atoms with Crippen molar-refractivity contribution in [1.82, 2.24) is 0 Å². The molecule has 0 aromatic carbocycles. The first-order valence-electron chi connectivity index (χ1n) is 2.54. The Morgan fingerprint density at radius 2 is 1.44 bits per heavy atom. The molecule has 4 heteroatoms. The maximum Gasteiger partial charge on any atom is 0.0452 e. The first-order valence-corrected chi connectivity index (χ1v) is 2.54. The molecule has 0 aromatic heterocycles. The van der Waals surface area contributed by atoms with E-state index in [1.54, 1.807) is 0 Å². The number of carbonyl (C=O) groups excluding carboxylic acids is 2. The van der Waals surface area contributed by atoms with Gasteiger partial charge in [0.1, 0.15) is 0 Å².